The topological polar surface area (TPSA) is 90.0 Å². The third-order valence-electron chi connectivity index (χ3n) is 5.11. The minimum absolute atomic E-state index is 0.226. The molecule has 0 bridgehead atoms. The van der Waals surface area contributed by atoms with Crippen molar-refractivity contribution in [2.75, 3.05) is 44.2 Å². The second-order valence-electron chi connectivity index (χ2n) is 7.14. The van der Waals surface area contributed by atoms with Gasteiger partial charge in [0, 0.05) is 50.7 Å². The molecule has 3 aromatic rings. The Labute approximate surface area is 172 Å². The fourth-order valence-electron chi connectivity index (χ4n) is 3.51. The molecule has 1 aliphatic heterocycles. The van der Waals surface area contributed by atoms with E-state index in [1.54, 1.807) is 30.6 Å². The molecule has 30 heavy (non-hydrogen) atoms. The number of hydrogen-bond acceptors (Lipinski definition) is 6. The van der Waals surface area contributed by atoms with Crippen molar-refractivity contribution in [2.24, 2.45) is 0 Å². The van der Waals surface area contributed by atoms with Crippen LogP contribution in [0, 0.1) is 0 Å². The third-order valence-corrected chi connectivity index (χ3v) is 5.11. The Balaban J connectivity index is 1.20. The van der Waals surface area contributed by atoms with Crippen molar-refractivity contribution in [3.8, 4) is 0 Å². The van der Waals surface area contributed by atoms with Crippen molar-refractivity contribution in [1.82, 2.24) is 30.2 Å². The van der Waals surface area contributed by atoms with E-state index in [1.165, 1.54) is 0 Å². The number of halogens is 2. The van der Waals surface area contributed by atoms with Crippen molar-refractivity contribution in [3.63, 3.8) is 0 Å². The minimum atomic E-state index is -2.67. The fourth-order valence-corrected chi connectivity index (χ4v) is 3.51. The predicted octanol–water partition coefficient (Wildman–Crippen LogP) is 2.23. The van der Waals surface area contributed by atoms with Gasteiger partial charge in [0.25, 0.3) is 12.3 Å². The average Bonchev–Trinajstić information content (AvgIpc) is 3.21. The number of imidazole rings is 1. The second-order valence-corrected chi connectivity index (χ2v) is 7.14. The van der Waals surface area contributed by atoms with Crippen molar-refractivity contribution in [1.29, 1.82) is 0 Å². The van der Waals surface area contributed by atoms with Crippen LogP contribution in [0.15, 0.2) is 36.7 Å². The second kappa shape index (κ2) is 9.12. The molecule has 8 nitrogen and oxygen atoms in total. The van der Waals surface area contributed by atoms with Crippen LogP contribution in [-0.4, -0.2) is 70.0 Å². The Kier molecular flexibility index (Phi) is 6.12. The summed E-state index contributed by atoms with van der Waals surface area (Å²) in [5.41, 5.74) is 1.27. The van der Waals surface area contributed by atoms with Crippen LogP contribution in [0.4, 0.5) is 14.7 Å². The van der Waals surface area contributed by atoms with Crippen LogP contribution in [0.5, 0.6) is 0 Å². The maximum atomic E-state index is 12.7. The summed E-state index contributed by atoms with van der Waals surface area (Å²) < 4.78 is 25.5. The SMILES string of the molecule is O=C(NCCCN1CCN(c2ncccn2)CC1)c1ccc2nc(C(F)F)[nH]c2c1. The number of fused-ring (bicyclic) bond motifs is 1. The molecule has 0 radical (unpaired) electrons. The van der Waals surface area contributed by atoms with E-state index in [1.807, 2.05) is 6.07 Å². The van der Waals surface area contributed by atoms with E-state index in [9.17, 15) is 13.6 Å². The number of amides is 1. The molecular formula is C20H23F2N7O. The quantitative estimate of drug-likeness (QED) is 0.575. The zero-order chi connectivity index (χ0) is 20.9. The van der Waals surface area contributed by atoms with Crippen molar-refractivity contribution in [3.05, 3.63) is 48.0 Å². The van der Waals surface area contributed by atoms with E-state index in [0.29, 0.717) is 23.1 Å². The largest absolute Gasteiger partial charge is 0.352 e. The number of anilines is 1. The van der Waals surface area contributed by atoms with Crippen LogP contribution in [0.2, 0.25) is 0 Å². The van der Waals surface area contributed by atoms with Gasteiger partial charge in [0.1, 0.15) is 0 Å². The lowest BCUT2D eigenvalue weighted by molar-refractivity contribution is 0.0951. The van der Waals surface area contributed by atoms with Gasteiger partial charge in [0.2, 0.25) is 5.95 Å². The van der Waals surface area contributed by atoms with Crippen LogP contribution < -0.4 is 10.2 Å². The van der Waals surface area contributed by atoms with E-state index in [0.717, 1.165) is 45.1 Å². The number of hydrogen-bond donors (Lipinski definition) is 2. The van der Waals surface area contributed by atoms with Crippen molar-refractivity contribution in [2.45, 2.75) is 12.8 Å². The predicted molar refractivity (Wildman–Crippen MR) is 109 cm³/mol. The number of H-pyrrole nitrogens is 1. The van der Waals surface area contributed by atoms with Gasteiger partial charge in [-0.1, -0.05) is 0 Å². The summed E-state index contributed by atoms with van der Waals surface area (Å²) >= 11 is 0. The standard InChI is InChI=1S/C20H23F2N7O/c21-17(22)18-26-15-4-3-14(13-16(15)27-18)19(30)23-7-2-8-28-9-11-29(12-10-28)20-24-5-1-6-25-20/h1,3-6,13,17H,2,7-12H2,(H,23,30)(H,26,27). The highest BCUT2D eigenvalue weighted by atomic mass is 19.3. The normalized spacial score (nSPS) is 15.1. The van der Waals surface area contributed by atoms with Gasteiger partial charge in [0.15, 0.2) is 5.82 Å². The molecule has 1 amide bonds. The molecule has 1 aliphatic rings. The molecule has 1 aromatic carbocycles. The van der Waals surface area contributed by atoms with Gasteiger partial charge in [-0.15, -0.1) is 0 Å². The van der Waals surface area contributed by atoms with E-state index in [4.69, 9.17) is 0 Å². The number of piperazine rings is 1. The highest BCUT2D eigenvalue weighted by Crippen LogP contribution is 2.20. The van der Waals surface area contributed by atoms with Crippen LogP contribution in [0.3, 0.4) is 0 Å². The molecule has 10 heteroatoms. The summed E-state index contributed by atoms with van der Waals surface area (Å²) in [4.78, 5) is 31.8. The Morgan fingerprint density at radius 2 is 1.93 bits per heavy atom. The van der Waals surface area contributed by atoms with Gasteiger partial charge in [-0.25, -0.2) is 23.7 Å². The first-order valence-corrected chi connectivity index (χ1v) is 9.90. The molecule has 2 N–H and O–H groups in total. The van der Waals surface area contributed by atoms with E-state index >= 15 is 0 Å². The smallest absolute Gasteiger partial charge is 0.295 e. The summed E-state index contributed by atoms with van der Waals surface area (Å²) in [7, 11) is 0. The summed E-state index contributed by atoms with van der Waals surface area (Å²) in [5, 5.41) is 2.89. The Morgan fingerprint density at radius 1 is 1.17 bits per heavy atom. The highest BCUT2D eigenvalue weighted by Gasteiger charge is 2.18. The van der Waals surface area contributed by atoms with Crippen molar-refractivity contribution >= 4 is 22.9 Å². The lowest BCUT2D eigenvalue weighted by Crippen LogP contribution is -2.47. The molecule has 0 spiro atoms. The highest BCUT2D eigenvalue weighted by molar-refractivity contribution is 5.97. The number of carbonyl (C=O) groups is 1. The Morgan fingerprint density at radius 3 is 2.67 bits per heavy atom. The zero-order valence-electron chi connectivity index (χ0n) is 16.4. The number of rotatable bonds is 7. The van der Waals surface area contributed by atoms with E-state index in [2.05, 4.69) is 35.1 Å². The number of nitrogens with zero attached hydrogens (tertiary/aromatic N) is 5. The van der Waals surface area contributed by atoms with Gasteiger partial charge < -0.3 is 15.2 Å². The van der Waals surface area contributed by atoms with Crippen LogP contribution >= 0.6 is 0 Å². The number of alkyl halides is 2. The fraction of sp³-hybridized carbons (Fsp3) is 0.400. The van der Waals surface area contributed by atoms with Crippen molar-refractivity contribution < 1.29 is 13.6 Å². The van der Waals surface area contributed by atoms with Gasteiger partial charge in [0.05, 0.1) is 11.0 Å². The zero-order valence-corrected chi connectivity index (χ0v) is 16.4. The summed E-state index contributed by atoms with van der Waals surface area (Å²) in [6.45, 7) is 5.04. The number of aromatic nitrogens is 4. The molecule has 0 aliphatic carbocycles. The molecule has 1 fully saturated rings. The molecule has 3 heterocycles. The first kappa shape index (κ1) is 20.1. The molecule has 0 saturated carbocycles. The summed E-state index contributed by atoms with van der Waals surface area (Å²) in [6.07, 6.45) is 1.66. The van der Waals surface area contributed by atoms with Gasteiger partial charge >= 0.3 is 0 Å². The monoisotopic (exact) mass is 415 g/mol. The molecule has 0 atom stereocenters. The molecule has 0 unspecified atom stereocenters. The first-order chi connectivity index (χ1) is 14.6. The molecule has 1 saturated heterocycles. The number of aromatic amines is 1. The van der Waals surface area contributed by atoms with E-state index < -0.39 is 6.43 Å². The summed E-state index contributed by atoms with van der Waals surface area (Å²) in [5.74, 6) is 0.150. The first-order valence-electron chi connectivity index (χ1n) is 9.90. The average molecular weight is 415 g/mol. The maximum absolute atomic E-state index is 12.7. The third kappa shape index (κ3) is 4.70. The molecular weight excluding hydrogens is 392 g/mol. The minimum Gasteiger partial charge on any atom is -0.352 e. The van der Waals surface area contributed by atoms with Crippen LogP contribution in [0.1, 0.15) is 29.0 Å². The number of nitrogens with one attached hydrogen (secondary N) is 2. The van der Waals surface area contributed by atoms with Crippen LogP contribution in [-0.2, 0) is 0 Å². The van der Waals surface area contributed by atoms with Crippen LogP contribution in [0.25, 0.3) is 11.0 Å². The maximum Gasteiger partial charge on any atom is 0.295 e. The molecule has 158 valence electrons. The van der Waals surface area contributed by atoms with Gasteiger partial charge in [-0.2, -0.15) is 0 Å². The molecule has 4 rings (SSSR count). The summed E-state index contributed by atoms with van der Waals surface area (Å²) in [6, 6.07) is 6.53. The van der Waals surface area contributed by atoms with E-state index in [-0.39, 0.29) is 11.7 Å². The number of carbonyl (C=O) groups excluding carboxylic acids is 1. The Hall–Kier alpha value is -3.14. The Bertz CT molecular complexity index is 987. The van der Waals surface area contributed by atoms with Gasteiger partial charge in [-0.3, -0.25) is 9.69 Å². The lowest BCUT2D eigenvalue weighted by atomic mass is 10.2. The van der Waals surface area contributed by atoms with Gasteiger partial charge in [-0.05, 0) is 37.2 Å². The lowest BCUT2D eigenvalue weighted by Gasteiger charge is -2.34. The molecule has 2 aromatic heterocycles. The number of benzene rings is 1.